The van der Waals surface area contributed by atoms with Crippen LogP contribution in [0.3, 0.4) is 0 Å². The Morgan fingerprint density at radius 3 is 2.21 bits per heavy atom. The summed E-state index contributed by atoms with van der Waals surface area (Å²) in [7, 11) is 0. The standard InChI is InChI=1S/C18H30N4O7/c1-9(2)14(18(28)29)21-15(25)11(6-7-13(23)24)20-16(26)12-5-4-8-22(12)17(27)10(3)19/h9-12,14H,4-8,19H2,1-3H3,(H,20,26)(H,21,25)(H,23,24)(H,28,29). The van der Waals surface area contributed by atoms with Crippen LogP contribution in [0, 0.1) is 5.92 Å². The van der Waals surface area contributed by atoms with Gasteiger partial charge in [-0.25, -0.2) is 4.79 Å². The minimum absolute atomic E-state index is 0.217. The smallest absolute Gasteiger partial charge is 0.326 e. The number of hydrogen-bond acceptors (Lipinski definition) is 6. The van der Waals surface area contributed by atoms with Gasteiger partial charge in [0.2, 0.25) is 17.7 Å². The normalized spacial score (nSPS) is 19.3. The van der Waals surface area contributed by atoms with Crippen LogP contribution >= 0.6 is 0 Å². The zero-order valence-electron chi connectivity index (χ0n) is 16.9. The van der Waals surface area contributed by atoms with Crippen LogP contribution in [0.15, 0.2) is 0 Å². The van der Waals surface area contributed by atoms with Crippen LogP contribution < -0.4 is 16.4 Å². The third-order valence-corrected chi connectivity index (χ3v) is 4.74. The molecule has 0 aliphatic carbocycles. The van der Waals surface area contributed by atoms with Crippen molar-refractivity contribution in [1.29, 1.82) is 0 Å². The van der Waals surface area contributed by atoms with E-state index in [1.165, 1.54) is 11.8 Å². The van der Waals surface area contributed by atoms with Gasteiger partial charge in [0.15, 0.2) is 0 Å². The highest BCUT2D eigenvalue weighted by Gasteiger charge is 2.37. The molecule has 0 bridgehead atoms. The maximum absolute atomic E-state index is 12.7. The van der Waals surface area contributed by atoms with Crippen LogP contribution in [0.2, 0.25) is 0 Å². The second kappa shape index (κ2) is 10.7. The first-order valence-electron chi connectivity index (χ1n) is 9.57. The highest BCUT2D eigenvalue weighted by Crippen LogP contribution is 2.19. The molecule has 164 valence electrons. The molecule has 0 radical (unpaired) electrons. The van der Waals surface area contributed by atoms with Crippen LogP contribution in [0.5, 0.6) is 0 Å². The van der Waals surface area contributed by atoms with Crippen LogP contribution in [0.4, 0.5) is 0 Å². The fourth-order valence-corrected chi connectivity index (χ4v) is 3.14. The van der Waals surface area contributed by atoms with Crippen molar-refractivity contribution in [3.8, 4) is 0 Å². The van der Waals surface area contributed by atoms with Crippen molar-refractivity contribution in [3.05, 3.63) is 0 Å². The molecule has 0 aromatic carbocycles. The van der Waals surface area contributed by atoms with Gasteiger partial charge < -0.3 is 31.5 Å². The van der Waals surface area contributed by atoms with E-state index in [1.54, 1.807) is 13.8 Å². The number of carboxylic acids is 2. The molecule has 1 saturated heterocycles. The van der Waals surface area contributed by atoms with Gasteiger partial charge in [-0.1, -0.05) is 13.8 Å². The van der Waals surface area contributed by atoms with Crippen LogP contribution in [-0.4, -0.2) is 75.5 Å². The van der Waals surface area contributed by atoms with E-state index in [-0.39, 0.29) is 12.3 Å². The molecule has 0 aromatic heterocycles. The quantitative estimate of drug-likeness (QED) is 0.299. The average molecular weight is 414 g/mol. The second-order valence-corrected chi connectivity index (χ2v) is 7.54. The number of nitrogens with two attached hydrogens (primary N) is 1. The number of amides is 3. The van der Waals surface area contributed by atoms with Gasteiger partial charge in [-0.15, -0.1) is 0 Å². The molecule has 1 rings (SSSR count). The summed E-state index contributed by atoms with van der Waals surface area (Å²) in [4.78, 5) is 61.1. The molecule has 29 heavy (non-hydrogen) atoms. The van der Waals surface area contributed by atoms with E-state index >= 15 is 0 Å². The van der Waals surface area contributed by atoms with Crippen molar-refractivity contribution in [2.45, 2.75) is 70.6 Å². The van der Waals surface area contributed by atoms with Crippen molar-refractivity contribution in [2.75, 3.05) is 6.54 Å². The number of nitrogens with one attached hydrogen (secondary N) is 2. The molecule has 1 heterocycles. The Labute approximate surface area is 169 Å². The Hall–Kier alpha value is -2.69. The van der Waals surface area contributed by atoms with Crippen molar-refractivity contribution in [1.82, 2.24) is 15.5 Å². The molecule has 4 atom stereocenters. The highest BCUT2D eigenvalue weighted by molar-refractivity contribution is 5.94. The first-order chi connectivity index (χ1) is 13.5. The van der Waals surface area contributed by atoms with Gasteiger partial charge in [0.25, 0.3) is 0 Å². The van der Waals surface area contributed by atoms with Gasteiger partial charge in [0, 0.05) is 13.0 Å². The van der Waals surface area contributed by atoms with Crippen molar-refractivity contribution in [3.63, 3.8) is 0 Å². The van der Waals surface area contributed by atoms with E-state index in [0.717, 1.165) is 0 Å². The molecule has 6 N–H and O–H groups in total. The number of hydrogen-bond donors (Lipinski definition) is 5. The second-order valence-electron chi connectivity index (χ2n) is 7.54. The van der Waals surface area contributed by atoms with E-state index in [2.05, 4.69) is 10.6 Å². The van der Waals surface area contributed by atoms with Gasteiger partial charge in [0.1, 0.15) is 18.1 Å². The molecule has 11 nitrogen and oxygen atoms in total. The number of rotatable bonds is 10. The molecule has 0 saturated carbocycles. The maximum Gasteiger partial charge on any atom is 0.326 e. The fraction of sp³-hybridized carbons (Fsp3) is 0.722. The molecule has 1 aliphatic rings. The number of carbonyl (C=O) groups excluding carboxylic acids is 3. The minimum atomic E-state index is -1.24. The summed E-state index contributed by atoms with van der Waals surface area (Å²) in [5.41, 5.74) is 5.61. The molecule has 0 spiro atoms. The first-order valence-corrected chi connectivity index (χ1v) is 9.57. The largest absolute Gasteiger partial charge is 0.481 e. The van der Waals surface area contributed by atoms with E-state index in [1.807, 2.05) is 0 Å². The number of carboxylic acid groups (broad SMARTS) is 2. The number of aliphatic carboxylic acids is 2. The van der Waals surface area contributed by atoms with Crippen molar-refractivity contribution < 1.29 is 34.2 Å². The molecule has 4 unspecified atom stereocenters. The Kier molecular flexibility index (Phi) is 9.02. The first kappa shape index (κ1) is 24.3. The molecule has 1 aliphatic heterocycles. The molecular formula is C18H30N4O7. The summed E-state index contributed by atoms with van der Waals surface area (Å²) in [5.74, 6) is -4.59. The van der Waals surface area contributed by atoms with E-state index in [0.29, 0.717) is 19.4 Å². The lowest BCUT2D eigenvalue weighted by molar-refractivity contribution is -0.144. The zero-order valence-corrected chi connectivity index (χ0v) is 16.9. The number of likely N-dealkylation sites (tertiary alicyclic amines) is 1. The molecule has 1 fully saturated rings. The monoisotopic (exact) mass is 414 g/mol. The van der Waals surface area contributed by atoms with E-state index in [9.17, 15) is 29.1 Å². The Morgan fingerprint density at radius 1 is 1.10 bits per heavy atom. The zero-order chi connectivity index (χ0) is 22.3. The van der Waals surface area contributed by atoms with Gasteiger partial charge in [0.05, 0.1) is 6.04 Å². The SMILES string of the molecule is CC(N)C(=O)N1CCCC1C(=O)NC(CCC(=O)O)C(=O)NC(C(=O)O)C(C)C. The lowest BCUT2D eigenvalue weighted by atomic mass is 10.0. The van der Waals surface area contributed by atoms with E-state index in [4.69, 9.17) is 10.8 Å². The topological polar surface area (TPSA) is 179 Å². The molecular weight excluding hydrogens is 384 g/mol. The predicted octanol–water partition coefficient (Wildman–Crippen LogP) is -1.10. The summed E-state index contributed by atoms with van der Waals surface area (Å²) in [6.45, 7) is 5.09. The van der Waals surface area contributed by atoms with Gasteiger partial charge in [-0.05, 0) is 32.1 Å². The Balaban J connectivity index is 2.92. The van der Waals surface area contributed by atoms with Crippen molar-refractivity contribution in [2.24, 2.45) is 11.7 Å². The van der Waals surface area contributed by atoms with Crippen LogP contribution in [0.1, 0.15) is 46.5 Å². The highest BCUT2D eigenvalue weighted by atomic mass is 16.4. The number of carbonyl (C=O) groups is 5. The summed E-state index contributed by atoms with van der Waals surface area (Å²) in [5, 5.41) is 23.0. The molecule has 0 aromatic rings. The Bertz CT molecular complexity index is 650. The third-order valence-electron chi connectivity index (χ3n) is 4.74. The number of nitrogens with zero attached hydrogens (tertiary/aromatic N) is 1. The van der Waals surface area contributed by atoms with Gasteiger partial charge >= 0.3 is 11.9 Å². The lowest BCUT2D eigenvalue weighted by Crippen LogP contribution is -2.57. The average Bonchev–Trinajstić information content (AvgIpc) is 3.10. The van der Waals surface area contributed by atoms with Crippen LogP contribution in [-0.2, 0) is 24.0 Å². The van der Waals surface area contributed by atoms with Gasteiger partial charge in [-0.3, -0.25) is 19.2 Å². The third kappa shape index (κ3) is 7.00. The lowest BCUT2D eigenvalue weighted by Gasteiger charge is -2.28. The summed E-state index contributed by atoms with van der Waals surface area (Å²) in [6.07, 6.45) is 0.370. The minimum Gasteiger partial charge on any atom is -0.481 e. The Morgan fingerprint density at radius 2 is 1.72 bits per heavy atom. The predicted molar refractivity (Wildman–Crippen MR) is 102 cm³/mol. The molecule has 11 heteroatoms. The van der Waals surface area contributed by atoms with Crippen molar-refractivity contribution >= 4 is 29.7 Å². The summed E-state index contributed by atoms with van der Waals surface area (Å²) >= 11 is 0. The maximum atomic E-state index is 12.7. The van der Waals surface area contributed by atoms with Crippen LogP contribution in [0.25, 0.3) is 0 Å². The summed E-state index contributed by atoms with van der Waals surface area (Å²) < 4.78 is 0. The summed E-state index contributed by atoms with van der Waals surface area (Å²) in [6, 6.07) is -4.02. The molecule has 3 amide bonds. The fourth-order valence-electron chi connectivity index (χ4n) is 3.14. The van der Waals surface area contributed by atoms with E-state index < -0.39 is 60.3 Å². The van der Waals surface area contributed by atoms with Gasteiger partial charge in [-0.2, -0.15) is 0 Å².